The van der Waals surface area contributed by atoms with Crippen molar-refractivity contribution in [1.82, 2.24) is 0 Å². The molecule has 0 spiro atoms. The Morgan fingerprint density at radius 3 is 2.50 bits per heavy atom. The summed E-state index contributed by atoms with van der Waals surface area (Å²) >= 11 is 0. The van der Waals surface area contributed by atoms with Gasteiger partial charge in [0.1, 0.15) is 5.84 Å². The SMILES string of the molecule is CCC/C(N)=N/S(=O)(=O)O. The second kappa shape index (κ2) is 3.52. The Morgan fingerprint density at radius 1 is 1.70 bits per heavy atom. The molecule has 0 atom stereocenters. The lowest BCUT2D eigenvalue weighted by atomic mass is 10.3. The summed E-state index contributed by atoms with van der Waals surface area (Å²) in [6, 6.07) is 0. The van der Waals surface area contributed by atoms with Crippen LogP contribution in [0.3, 0.4) is 0 Å². The fourth-order valence-corrected chi connectivity index (χ4v) is 0.838. The Bertz CT molecular complexity index is 219. The first kappa shape index (κ1) is 9.38. The molecule has 0 amide bonds. The van der Waals surface area contributed by atoms with Gasteiger partial charge in [0.05, 0.1) is 0 Å². The standard InChI is InChI=1S/C4H10N2O3S/c1-2-3-4(5)6-10(7,8)9/h2-3H2,1H3,(H2,5,6)(H,7,8,9). The van der Waals surface area contributed by atoms with Crippen LogP contribution in [0.15, 0.2) is 4.40 Å². The first-order valence-electron chi connectivity index (χ1n) is 2.77. The topological polar surface area (TPSA) is 92.8 Å². The summed E-state index contributed by atoms with van der Waals surface area (Å²) in [5, 5.41) is 0. The third-order valence-electron chi connectivity index (χ3n) is 0.739. The van der Waals surface area contributed by atoms with Gasteiger partial charge in [0.25, 0.3) is 0 Å². The van der Waals surface area contributed by atoms with Crippen LogP contribution in [0, 0.1) is 0 Å². The summed E-state index contributed by atoms with van der Waals surface area (Å²) in [5.74, 6) is -0.0648. The molecule has 0 aromatic heterocycles. The molecule has 10 heavy (non-hydrogen) atoms. The molecule has 0 aliphatic rings. The molecule has 6 heteroatoms. The van der Waals surface area contributed by atoms with Crippen molar-refractivity contribution in [2.75, 3.05) is 0 Å². The van der Waals surface area contributed by atoms with E-state index in [9.17, 15) is 8.42 Å². The Kier molecular flexibility index (Phi) is 3.31. The monoisotopic (exact) mass is 166 g/mol. The minimum absolute atomic E-state index is 0.0648. The van der Waals surface area contributed by atoms with Crippen molar-refractivity contribution in [1.29, 1.82) is 0 Å². The molecule has 5 nitrogen and oxygen atoms in total. The number of amidine groups is 1. The van der Waals surface area contributed by atoms with Crippen LogP contribution in [0.5, 0.6) is 0 Å². The first-order chi connectivity index (χ1) is 4.45. The minimum atomic E-state index is -4.28. The van der Waals surface area contributed by atoms with E-state index in [1.165, 1.54) is 0 Å². The second-order valence-electron chi connectivity index (χ2n) is 1.78. The molecule has 0 aliphatic heterocycles. The molecule has 0 aromatic carbocycles. The van der Waals surface area contributed by atoms with Crippen molar-refractivity contribution in [2.45, 2.75) is 19.8 Å². The van der Waals surface area contributed by atoms with Crippen LogP contribution in [-0.2, 0) is 10.3 Å². The zero-order chi connectivity index (χ0) is 8.20. The molecule has 0 aliphatic carbocycles. The highest BCUT2D eigenvalue weighted by Gasteiger charge is 2.00. The van der Waals surface area contributed by atoms with Crippen LogP contribution >= 0.6 is 0 Å². The van der Waals surface area contributed by atoms with Gasteiger partial charge in [-0.3, -0.25) is 4.55 Å². The number of hydrogen-bond donors (Lipinski definition) is 2. The minimum Gasteiger partial charge on any atom is -0.386 e. The van der Waals surface area contributed by atoms with Gasteiger partial charge in [0.15, 0.2) is 0 Å². The lowest BCUT2D eigenvalue weighted by Gasteiger charge is -1.92. The van der Waals surface area contributed by atoms with Gasteiger partial charge in [-0.25, -0.2) is 0 Å². The van der Waals surface area contributed by atoms with Crippen molar-refractivity contribution in [3.8, 4) is 0 Å². The van der Waals surface area contributed by atoms with Crippen LogP contribution in [-0.4, -0.2) is 18.8 Å². The Morgan fingerprint density at radius 2 is 2.20 bits per heavy atom. The van der Waals surface area contributed by atoms with E-state index in [0.717, 1.165) is 0 Å². The fraction of sp³-hybridized carbons (Fsp3) is 0.750. The molecule has 60 valence electrons. The van der Waals surface area contributed by atoms with Crippen molar-refractivity contribution in [3.05, 3.63) is 0 Å². The average Bonchev–Trinajstić information content (AvgIpc) is 1.59. The van der Waals surface area contributed by atoms with Crippen molar-refractivity contribution in [3.63, 3.8) is 0 Å². The molecule has 3 N–H and O–H groups in total. The van der Waals surface area contributed by atoms with Crippen molar-refractivity contribution >= 4 is 16.1 Å². The molecular formula is C4H10N2O3S. The number of nitrogens with zero attached hydrogens (tertiary/aromatic N) is 1. The zero-order valence-electron chi connectivity index (χ0n) is 5.61. The largest absolute Gasteiger partial charge is 0.386 e. The van der Waals surface area contributed by atoms with Gasteiger partial charge in [-0.2, -0.15) is 8.42 Å². The molecule has 0 fully saturated rings. The lowest BCUT2D eigenvalue weighted by Crippen LogP contribution is -2.13. The molecule has 0 saturated heterocycles. The van der Waals surface area contributed by atoms with Crippen LogP contribution < -0.4 is 5.73 Å². The van der Waals surface area contributed by atoms with Crippen molar-refractivity contribution in [2.24, 2.45) is 10.1 Å². The zero-order valence-corrected chi connectivity index (χ0v) is 6.43. The molecule has 0 rings (SSSR count). The van der Waals surface area contributed by atoms with E-state index < -0.39 is 10.3 Å². The summed E-state index contributed by atoms with van der Waals surface area (Å²) in [4.78, 5) is 0. The Balaban J connectivity index is 4.18. The maximum atomic E-state index is 10.0. The van der Waals surface area contributed by atoms with E-state index in [0.29, 0.717) is 12.8 Å². The summed E-state index contributed by atoms with van der Waals surface area (Å²) in [6.07, 6.45) is 1.07. The van der Waals surface area contributed by atoms with Gasteiger partial charge < -0.3 is 5.73 Å². The molecular weight excluding hydrogens is 156 g/mol. The van der Waals surface area contributed by atoms with Gasteiger partial charge in [0, 0.05) is 6.42 Å². The average molecular weight is 166 g/mol. The molecule has 0 unspecified atom stereocenters. The van der Waals surface area contributed by atoms with E-state index in [1.54, 1.807) is 0 Å². The predicted octanol–water partition coefficient (Wildman–Crippen LogP) is -0.0535. The summed E-state index contributed by atoms with van der Waals surface area (Å²) in [5.41, 5.74) is 5.08. The van der Waals surface area contributed by atoms with E-state index in [1.807, 2.05) is 6.92 Å². The molecule has 0 saturated carbocycles. The maximum Gasteiger partial charge on any atom is 0.380 e. The summed E-state index contributed by atoms with van der Waals surface area (Å²) < 4.78 is 30.9. The third kappa shape index (κ3) is 5.52. The Labute approximate surface area is 59.8 Å². The number of rotatable bonds is 3. The second-order valence-corrected chi connectivity index (χ2v) is 2.86. The van der Waals surface area contributed by atoms with E-state index >= 15 is 0 Å². The number of nitrogens with two attached hydrogens (primary N) is 1. The van der Waals surface area contributed by atoms with Gasteiger partial charge >= 0.3 is 10.3 Å². The van der Waals surface area contributed by atoms with Gasteiger partial charge in [-0.1, -0.05) is 6.92 Å². The third-order valence-corrected chi connectivity index (χ3v) is 1.20. The lowest BCUT2D eigenvalue weighted by molar-refractivity contribution is 0.485. The highest BCUT2D eigenvalue weighted by atomic mass is 32.2. The van der Waals surface area contributed by atoms with Gasteiger partial charge in [-0.05, 0) is 6.42 Å². The van der Waals surface area contributed by atoms with Gasteiger partial charge in [0.2, 0.25) is 0 Å². The van der Waals surface area contributed by atoms with Crippen LogP contribution in [0.4, 0.5) is 0 Å². The Hall–Kier alpha value is -0.620. The molecule has 0 aromatic rings. The smallest absolute Gasteiger partial charge is 0.380 e. The maximum absolute atomic E-state index is 10.0. The highest BCUT2D eigenvalue weighted by Crippen LogP contribution is 1.90. The van der Waals surface area contributed by atoms with E-state index in [-0.39, 0.29) is 5.84 Å². The highest BCUT2D eigenvalue weighted by molar-refractivity contribution is 7.84. The van der Waals surface area contributed by atoms with Crippen LogP contribution in [0.25, 0.3) is 0 Å². The molecule has 0 bridgehead atoms. The number of hydrogen-bond acceptors (Lipinski definition) is 2. The van der Waals surface area contributed by atoms with E-state index in [2.05, 4.69) is 4.40 Å². The van der Waals surface area contributed by atoms with Crippen LogP contribution in [0.2, 0.25) is 0 Å². The summed E-state index contributed by atoms with van der Waals surface area (Å²) in [7, 11) is -4.28. The van der Waals surface area contributed by atoms with Crippen LogP contribution in [0.1, 0.15) is 19.8 Å². The first-order valence-corrected chi connectivity index (χ1v) is 4.17. The predicted molar refractivity (Wildman–Crippen MR) is 38.1 cm³/mol. The van der Waals surface area contributed by atoms with Gasteiger partial charge in [-0.15, -0.1) is 4.40 Å². The molecule has 0 radical (unpaired) electrons. The molecule has 0 heterocycles. The quantitative estimate of drug-likeness (QED) is 0.349. The normalized spacial score (nSPS) is 13.6. The van der Waals surface area contributed by atoms with Crippen molar-refractivity contribution < 1.29 is 13.0 Å². The van der Waals surface area contributed by atoms with E-state index in [4.69, 9.17) is 10.3 Å². The fourth-order valence-electron chi connectivity index (χ4n) is 0.450. The summed E-state index contributed by atoms with van der Waals surface area (Å²) in [6.45, 7) is 1.83.